The van der Waals surface area contributed by atoms with Crippen LogP contribution >= 0.6 is 11.6 Å². The van der Waals surface area contributed by atoms with Gasteiger partial charge in [-0.2, -0.15) is 4.31 Å². The van der Waals surface area contributed by atoms with E-state index in [-0.39, 0.29) is 22.3 Å². The molecule has 1 N–H and O–H groups in total. The Hall–Kier alpha value is -1.05. The molecule has 0 aliphatic heterocycles. The zero-order chi connectivity index (χ0) is 14.8. The maximum atomic E-state index is 12.3. The standard InChI is InChI=1S/C11H16ClNO5S/c1-11(2,3)7-13(6-9(14)15)19(16,17)10-5-4-8(12)18-10/h4-5H,6-7H2,1-3H3,(H,14,15). The Kier molecular flexibility index (Phi) is 4.65. The van der Waals surface area contributed by atoms with Crippen molar-refractivity contribution in [1.82, 2.24) is 4.31 Å². The van der Waals surface area contributed by atoms with Gasteiger partial charge in [-0.3, -0.25) is 4.79 Å². The lowest BCUT2D eigenvalue weighted by Gasteiger charge is -2.27. The lowest BCUT2D eigenvalue weighted by molar-refractivity contribution is -0.137. The van der Waals surface area contributed by atoms with Gasteiger partial charge in [-0.25, -0.2) is 8.42 Å². The third kappa shape index (κ3) is 4.52. The topological polar surface area (TPSA) is 87.8 Å². The van der Waals surface area contributed by atoms with E-state index < -0.39 is 22.5 Å². The van der Waals surface area contributed by atoms with Crippen LogP contribution in [0.25, 0.3) is 0 Å². The van der Waals surface area contributed by atoms with Gasteiger partial charge in [-0.05, 0) is 29.1 Å². The molecule has 8 heteroatoms. The molecule has 1 aromatic rings. The molecule has 0 unspecified atom stereocenters. The van der Waals surface area contributed by atoms with E-state index >= 15 is 0 Å². The number of nitrogens with zero attached hydrogens (tertiary/aromatic N) is 1. The molecule has 0 aliphatic rings. The Balaban J connectivity index is 3.12. The van der Waals surface area contributed by atoms with Crippen molar-refractivity contribution in [2.45, 2.75) is 25.9 Å². The first kappa shape index (κ1) is 16.0. The molecule has 1 rings (SSSR count). The Labute approximate surface area is 117 Å². The minimum absolute atomic E-state index is 0.0555. The summed E-state index contributed by atoms with van der Waals surface area (Å²) in [4.78, 5) is 10.8. The van der Waals surface area contributed by atoms with Gasteiger partial charge in [-0.1, -0.05) is 20.8 Å². The van der Waals surface area contributed by atoms with Crippen LogP contribution in [0.15, 0.2) is 21.6 Å². The molecule has 0 aliphatic carbocycles. The highest BCUT2D eigenvalue weighted by molar-refractivity contribution is 7.89. The minimum atomic E-state index is -4.01. The van der Waals surface area contributed by atoms with E-state index in [0.717, 1.165) is 4.31 Å². The number of hydrogen-bond acceptors (Lipinski definition) is 4. The number of carboxylic acids is 1. The summed E-state index contributed by atoms with van der Waals surface area (Å²) >= 11 is 5.54. The second kappa shape index (κ2) is 5.52. The molecule has 0 aromatic carbocycles. The number of sulfonamides is 1. The fourth-order valence-corrected chi connectivity index (χ4v) is 3.19. The first-order valence-corrected chi connectivity index (χ1v) is 7.31. The van der Waals surface area contributed by atoms with Gasteiger partial charge in [0.05, 0.1) is 0 Å². The zero-order valence-electron chi connectivity index (χ0n) is 10.9. The van der Waals surface area contributed by atoms with Crippen molar-refractivity contribution in [1.29, 1.82) is 0 Å². The molecule has 0 radical (unpaired) electrons. The van der Waals surface area contributed by atoms with E-state index in [2.05, 4.69) is 0 Å². The maximum Gasteiger partial charge on any atom is 0.318 e. The van der Waals surface area contributed by atoms with E-state index in [4.69, 9.17) is 21.1 Å². The number of rotatable bonds is 5. The summed E-state index contributed by atoms with van der Waals surface area (Å²) < 4.78 is 30.3. The third-order valence-corrected chi connectivity index (χ3v) is 3.97. The first-order valence-electron chi connectivity index (χ1n) is 5.50. The summed E-state index contributed by atoms with van der Waals surface area (Å²) in [6.45, 7) is 4.86. The van der Waals surface area contributed by atoms with Gasteiger partial charge in [0, 0.05) is 6.54 Å². The van der Waals surface area contributed by atoms with Gasteiger partial charge in [-0.15, -0.1) is 0 Å². The highest BCUT2D eigenvalue weighted by Gasteiger charge is 2.32. The number of hydrogen-bond donors (Lipinski definition) is 1. The molecule has 0 spiro atoms. The normalized spacial score (nSPS) is 12.9. The van der Waals surface area contributed by atoms with Crippen LogP contribution in [0.3, 0.4) is 0 Å². The van der Waals surface area contributed by atoms with Crippen LogP contribution in [0.5, 0.6) is 0 Å². The number of aliphatic carboxylic acids is 1. The average molecular weight is 310 g/mol. The van der Waals surface area contributed by atoms with Gasteiger partial charge in [0.1, 0.15) is 6.54 Å². The molecule has 6 nitrogen and oxygen atoms in total. The monoisotopic (exact) mass is 309 g/mol. The fraction of sp³-hybridized carbons (Fsp3) is 0.545. The van der Waals surface area contributed by atoms with Crippen molar-refractivity contribution in [3.05, 3.63) is 17.4 Å². The molecule has 0 amide bonds. The maximum absolute atomic E-state index is 12.3. The van der Waals surface area contributed by atoms with E-state index in [0.29, 0.717) is 0 Å². The second-order valence-corrected chi connectivity index (χ2v) is 7.53. The van der Waals surface area contributed by atoms with E-state index in [1.165, 1.54) is 12.1 Å². The number of carbonyl (C=O) groups is 1. The molecule has 0 saturated heterocycles. The van der Waals surface area contributed by atoms with Crippen molar-refractivity contribution in [3.8, 4) is 0 Å². The van der Waals surface area contributed by atoms with Crippen LogP contribution < -0.4 is 0 Å². The average Bonchev–Trinajstić information content (AvgIpc) is 2.61. The molecular formula is C11H16ClNO5S. The lowest BCUT2D eigenvalue weighted by atomic mass is 9.97. The van der Waals surface area contributed by atoms with Crippen molar-refractivity contribution < 1.29 is 22.7 Å². The summed E-state index contributed by atoms with van der Waals surface area (Å²) in [7, 11) is -4.01. The summed E-state index contributed by atoms with van der Waals surface area (Å²) in [5, 5.41) is 8.41. The third-order valence-electron chi connectivity index (χ3n) is 2.11. The summed E-state index contributed by atoms with van der Waals surface area (Å²) in [6.07, 6.45) is 0. The number of furan rings is 1. The second-order valence-electron chi connectivity index (χ2n) is 5.29. The Morgan fingerprint density at radius 1 is 1.42 bits per heavy atom. The molecule has 19 heavy (non-hydrogen) atoms. The molecular weight excluding hydrogens is 294 g/mol. The van der Waals surface area contributed by atoms with Crippen molar-refractivity contribution in [2.24, 2.45) is 5.41 Å². The molecule has 0 saturated carbocycles. The summed E-state index contributed by atoms with van der Waals surface area (Å²) in [5.74, 6) is -1.23. The van der Waals surface area contributed by atoms with Crippen molar-refractivity contribution >= 4 is 27.6 Å². The highest BCUT2D eigenvalue weighted by Crippen LogP contribution is 2.25. The van der Waals surface area contributed by atoms with Crippen LogP contribution in [0.2, 0.25) is 5.22 Å². The number of carboxylic acid groups (broad SMARTS) is 1. The Bertz CT molecular complexity index is 558. The summed E-state index contributed by atoms with van der Waals surface area (Å²) in [5.41, 5.74) is -0.390. The minimum Gasteiger partial charge on any atom is -0.480 e. The van der Waals surface area contributed by atoms with Crippen molar-refractivity contribution in [2.75, 3.05) is 13.1 Å². The molecule has 108 valence electrons. The van der Waals surface area contributed by atoms with Gasteiger partial charge < -0.3 is 9.52 Å². The molecule has 1 heterocycles. The largest absolute Gasteiger partial charge is 0.480 e. The summed E-state index contributed by atoms with van der Waals surface area (Å²) in [6, 6.07) is 2.50. The van der Waals surface area contributed by atoms with Crippen LogP contribution in [0, 0.1) is 5.41 Å². The van der Waals surface area contributed by atoms with Crippen LogP contribution in [0.4, 0.5) is 0 Å². The van der Waals surface area contributed by atoms with Crippen LogP contribution in [0.1, 0.15) is 20.8 Å². The Morgan fingerprint density at radius 3 is 2.37 bits per heavy atom. The molecule has 0 bridgehead atoms. The smallest absolute Gasteiger partial charge is 0.318 e. The van der Waals surface area contributed by atoms with E-state index in [1.807, 2.05) is 20.8 Å². The van der Waals surface area contributed by atoms with Gasteiger partial charge >= 0.3 is 5.97 Å². The predicted molar refractivity (Wildman–Crippen MR) is 69.6 cm³/mol. The van der Waals surface area contributed by atoms with Gasteiger partial charge in [0.25, 0.3) is 10.0 Å². The SMILES string of the molecule is CC(C)(C)CN(CC(=O)O)S(=O)(=O)c1ccc(Cl)o1. The van der Waals surface area contributed by atoms with E-state index in [9.17, 15) is 13.2 Å². The van der Waals surface area contributed by atoms with Crippen molar-refractivity contribution in [3.63, 3.8) is 0 Å². The first-order chi connectivity index (χ1) is 8.52. The van der Waals surface area contributed by atoms with Crippen LogP contribution in [-0.4, -0.2) is 36.9 Å². The molecule has 1 aromatic heterocycles. The predicted octanol–water partition coefficient (Wildman–Crippen LogP) is 2.05. The quantitative estimate of drug-likeness (QED) is 0.899. The highest BCUT2D eigenvalue weighted by atomic mass is 35.5. The van der Waals surface area contributed by atoms with Crippen LogP contribution in [-0.2, 0) is 14.8 Å². The molecule has 0 fully saturated rings. The lowest BCUT2D eigenvalue weighted by Crippen LogP contribution is -2.40. The van der Waals surface area contributed by atoms with E-state index in [1.54, 1.807) is 0 Å². The zero-order valence-corrected chi connectivity index (χ0v) is 12.5. The van der Waals surface area contributed by atoms with Gasteiger partial charge in [0.15, 0.2) is 5.22 Å². The van der Waals surface area contributed by atoms with Gasteiger partial charge in [0.2, 0.25) is 5.09 Å². The Morgan fingerprint density at radius 2 is 2.00 bits per heavy atom. The fourth-order valence-electron chi connectivity index (χ4n) is 1.47. The molecule has 0 atom stereocenters. The number of halogens is 1.